The third-order valence-electron chi connectivity index (χ3n) is 3.72. The van der Waals surface area contributed by atoms with Crippen LogP contribution < -0.4 is 5.73 Å². The maximum atomic E-state index is 6.18. The number of pyridine rings is 2. The van der Waals surface area contributed by atoms with Gasteiger partial charge in [-0.2, -0.15) is 0 Å². The Morgan fingerprint density at radius 2 is 1.67 bits per heavy atom. The molecule has 0 fully saturated rings. The Bertz CT molecular complexity index is 955. The molecule has 0 saturated heterocycles. The van der Waals surface area contributed by atoms with Crippen molar-refractivity contribution in [1.82, 2.24) is 9.97 Å². The topological polar surface area (TPSA) is 51.8 Å². The summed E-state index contributed by atoms with van der Waals surface area (Å²) >= 11 is 0. The monoisotopic (exact) mass is 271 g/mol. The molecule has 0 atom stereocenters. The third-order valence-corrected chi connectivity index (χ3v) is 3.72. The van der Waals surface area contributed by atoms with Gasteiger partial charge < -0.3 is 5.73 Å². The van der Waals surface area contributed by atoms with E-state index in [0.717, 1.165) is 22.0 Å². The normalized spacial score (nSPS) is 11.0. The first kappa shape index (κ1) is 11.9. The van der Waals surface area contributed by atoms with Crippen LogP contribution in [0.4, 0.5) is 5.82 Å². The van der Waals surface area contributed by atoms with Gasteiger partial charge in [0.15, 0.2) is 0 Å². The number of nitrogens with two attached hydrogens (primary N) is 1. The number of nitrogen functional groups attached to an aromatic ring is 1. The van der Waals surface area contributed by atoms with E-state index in [-0.39, 0.29) is 0 Å². The highest BCUT2D eigenvalue weighted by Gasteiger charge is 2.09. The van der Waals surface area contributed by atoms with Gasteiger partial charge in [0.05, 0.1) is 5.52 Å². The predicted octanol–water partition coefficient (Wildman–Crippen LogP) is 4.03. The molecule has 0 aliphatic carbocycles. The molecular formula is C18H13N3. The maximum Gasteiger partial charge on any atom is 0.132 e. The highest BCUT2D eigenvalue weighted by Crippen LogP contribution is 2.33. The third kappa shape index (κ3) is 1.91. The van der Waals surface area contributed by atoms with Crippen molar-refractivity contribution in [2.24, 2.45) is 0 Å². The van der Waals surface area contributed by atoms with Gasteiger partial charge >= 0.3 is 0 Å². The fourth-order valence-corrected chi connectivity index (χ4v) is 2.71. The van der Waals surface area contributed by atoms with Crippen LogP contribution in [0.3, 0.4) is 0 Å². The summed E-state index contributed by atoms with van der Waals surface area (Å²) in [5.74, 6) is 0.546. The van der Waals surface area contributed by atoms with Gasteiger partial charge in [-0.25, -0.2) is 4.98 Å². The van der Waals surface area contributed by atoms with Crippen LogP contribution in [-0.2, 0) is 0 Å². The van der Waals surface area contributed by atoms with Gasteiger partial charge in [0.25, 0.3) is 0 Å². The fourth-order valence-electron chi connectivity index (χ4n) is 2.71. The Kier molecular flexibility index (Phi) is 2.57. The molecule has 100 valence electrons. The molecule has 3 nitrogen and oxygen atoms in total. The molecule has 2 heterocycles. The summed E-state index contributed by atoms with van der Waals surface area (Å²) in [5.41, 5.74) is 9.10. The molecule has 3 heteroatoms. The van der Waals surface area contributed by atoms with E-state index < -0.39 is 0 Å². The maximum absolute atomic E-state index is 6.18. The van der Waals surface area contributed by atoms with Gasteiger partial charge in [0, 0.05) is 23.3 Å². The van der Waals surface area contributed by atoms with E-state index in [4.69, 9.17) is 5.73 Å². The molecule has 0 amide bonds. The summed E-state index contributed by atoms with van der Waals surface area (Å²) in [6, 6.07) is 18.5. The molecule has 21 heavy (non-hydrogen) atoms. The minimum absolute atomic E-state index is 0.546. The lowest BCUT2D eigenvalue weighted by Crippen LogP contribution is -1.95. The zero-order valence-electron chi connectivity index (χ0n) is 11.3. The van der Waals surface area contributed by atoms with Crippen molar-refractivity contribution in [2.45, 2.75) is 0 Å². The van der Waals surface area contributed by atoms with Crippen molar-refractivity contribution in [1.29, 1.82) is 0 Å². The average Bonchev–Trinajstić information content (AvgIpc) is 2.54. The number of fused-ring (bicyclic) bond motifs is 2. The van der Waals surface area contributed by atoms with E-state index >= 15 is 0 Å². The van der Waals surface area contributed by atoms with E-state index in [1.807, 2.05) is 30.5 Å². The Morgan fingerprint density at radius 1 is 0.810 bits per heavy atom. The molecule has 0 aliphatic rings. The van der Waals surface area contributed by atoms with Crippen LogP contribution in [0, 0.1) is 0 Å². The number of hydrogen-bond donors (Lipinski definition) is 1. The highest BCUT2D eigenvalue weighted by molar-refractivity contribution is 6.00. The Labute approximate surface area is 122 Å². The summed E-state index contributed by atoms with van der Waals surface area (Å²) in [6.45, 7) is 0. The van der Waals surface area contributed by atoms with Crippen molar-refractivity contribution in [3.05, 3.63) is 67.0 Å². The lowest BCUT2D eigenvalue weighted by Gasteiger charge is -2.10. The number of benzene rings is 2. The standard InChI is InChI=1S/C18H13N3/c19-18-16(10-13-11-20-9-8-17(13)21-18)15-7-3-5-12-4-1-2-6-14(12)15/h1-11H,(H2,19,21). The average molecular weight is 271 g/mol. The number of hydrogen-bond acceptors (Lipinski definition) is 3. The fraction of sp³-hybridized carbons (Fsp3) is 0. The van der Waals surface area contributed by atoms with Crippen molar-refractivity contribution in [3.8, 4) is 11.1 Å². The van der Waals surface area contributed by atoms with Gasteiger partial charge in [-0.15, -0.1) is 0 Å². The number of nitrogens with zero attached hydrogens (tertiary/aromatic N) is 2. The van der Waals surface area contributed by atoms with Gasteiger partial charge in [-0.1, -0.05) is 42.5 Å². The van der Waals surface area contributed by atoms with E-state index in [1.165, 1.54) is 10.8 Å². The van der Waals surface area contributed by atoms with E-state index in [9.17, 15) is 0 Å². The summed E-state index contributed by atoms with van der Waals surface area (Å²) in [7, 11) is 0. The first-order valence-electron chi connectivity index (χ1n) is 6.81. The molecule has 0 bridgehead atoms. The molecule has 0 saturated carbocycles. The second-order valence-corrected chi connectivity index (χ2v) is 5.02. The van der Waals surface area contributed by atoms with Crippen LogP contribution in [-0.4, -0.2) is 9.97 Å². The predicted molar refractivity (Wildman–Crippen MR) is 86.9 cm³/mol. The van der Waals surface area contributed by atoms with Gasteiger partial charge in [0.2, 0.25) is 0 Å². The molecule has 2 aromatic heterocycles. The molecule has 0 radical (unpaired) electrons. The minimum Gasteiger partial charge on any atom is -0.383 e. The first-order valence-corrected chi connectivity index (χ1v) is 6.81. The lowest BCUT2D eigenvalue weighted by molar-refractivity contribution is 1.33. The molecule has 2 aromatic carbocycles. The largest absolute Gasteiger partial charge is 0.383 e. The Morgan fingerprint density at radius 3 is 2.62 bits per heavy atom. The molecule has 0 aliphatic heterocycles. The van der Waals surface area contributed by atoms with Crippen LogP contribution in [0.15, 0.2) is 67.0 Å². The molecule has 4 aromatic rings. The van der Waals surface area contributed by atoms with Gasteiger partial charge in [0.1, 0.15) is 5.82 Å². The molecule has 2 N–H and O–H groups in total. The van der Waals surface area contributed by atoms with Crippen molar-refractivity contribution in [2.75, 3.05) is 5.73 Å². The van der Waals surface area contributed by atoms with Crippen LogP contribution in [0.5, 0.6) is 0 Å². The Hall–Kier alpha value is -2.94. The second-order valence-electron chi connectivity index (χ2n) is 5.02. The number of anilines is 1. The molecular weight excluding hydrogens is 258 g/mol. The van der Waals surface area contributed by atoms with Crippen LogP contribution in [0.25, 0.3) is 32.8 Å². The molecule has 0 spiro atoms. The van der Waals surface area contributed by atoms with Crippen LogP contribution in [0.2, 0.25) is 0 Å². The SMILES string of the molecule is Nc1nc2ccncc2cc1-c1cccc2ccccc12. The minimum atomic E-state index is 0.546. The van der Waals surface area contributed by atoms with Crippen molar-refractivity contribution in [3.63, 3.8) is 0 Å². The van der Waals surface area contributed by atoms with E-state index in [0.29, 0.717) is 5.82 Å². The number of rotatable bonds is 1. The first-order chi connectivity index (χ1) is 10.3. The smallest absolute Gasteiger partial charge is 0.132 e. The molecule has 0 unspecified atom stereocenters. The quantitative estimate of drug-likeness (QED) is 0.568. The number of aromatic nitrogens is 2. The Balaban J connectivity index is 2.06. The van der Waals surface area contributed by atoms with Crippen molar-refractivity contribution < 1.29 is 0 Å². The summed E-state index contributed by atoms with van der Waals surface area (Å²) < 4.78 is 0. The summed E-state index contributed by atoms with van der Waals surface area (Å²) in [6.07, 6.45) is 3.54. The van der Waals surface area contributed by atoms with Gasteiger partial charge in [-0.3, -0.25) is 4.98 Å². The highest BCUT2D eigenvalue weighted by atomic mass is 14.8. The summed E-state index contributed by atoms with van der Waals surface area (Å²) in [4.78, 5) is 8.66. The second kappa shape index (κ2) is 4.56. The lowest BCUT2D eigenvalue weighted by atomic mass is 9.98. The summed E-state index contributed by atoms with van der Waals surface area (Å²) in [5, 5.41) is 3.37. The van der Waals surface area contributed by atoms with Crippen molar-refractivity contribution >= 4 is 27.5 Å². The zero-order chi connectivity index (χ0) is 14.2. The van der Waals surface area contributed by atoms with E-state index in [2.05, 4.69) is 40.3 Å². The van der Waals surface area contributed by atoms with Crippen LogP contribution >= 0.6 is 0 Å². The molecule has 4 rings (SSSR count). The van der Waals surface area contributed by atoms with E-state index in [1.54, 1.807) is 6.20 Å². The van der Waals surface area contributed by atoms with Crippen LogP contribution in [0.1, 0.15) is 0 Å². The van der Waals surface area contributed by atoms with Gasteiger partial charge in [-0.05, 0) is 28.5 Å². The zero-order valence-corrected chi connectivity index (χ0v) is 11.3.